The number of fused-ring (bicyclic) bond motifs is 1. The van der Waals surface area contributed by atoms with Crippen molar-refractivity contribution in [2.24, 2.45) is 0 Å². The molecule has 1 aromatic carbocycles. The van der Waals surface area contributed by atoms with Crippen LogP contribution in [0.1, 0.15) is 60.9 Å². The number of rotatable bonds is 6. The summed E-state index contributed by atoms with van der Waals surface area (Å²) in [5.41, 5.74) is 4.25. The highest BCUT2D eigenvalue weighted by Crippen LogP contribution is 2.30. The fourth-order valence-corrected chi connectivity index (χ4v) is 4.97. The molecule has 0 aliphatic heterocycles. The van der Waals surface area contributed by atoms with Crippen molar-refractivity contribution in [3.63, 3.8) is 0 Å². The Morgan fingerprint density at radius 3 is 2.37 bits per heavy atom. The molecule has 10 nitrogen and oxygen atoms in total. The summed E-state index contributed by atoms with van der Waals surface area (Å²) in [4.78, 5) is 35.2. The largest absolute Gasteiger partial charge is 0.362 e. The lowest BCUT2D eigenvalue weighted by Gasteiger charge is -2.30. The SMILES string of the molecule is Cc1cc(NC(=O)NC2CCC(Nc3nc4c(c(N(C)C)n3)CCCC4)CC2)c([N+](=O)[O-])cc1C. The summed E-state index contributed by atoms with van der Waals surface area (Å²) in [7, 11) is 4.05. The Balaban J connectivity index is 1.33. The van der Waals surface area contributed by atoms with Crippen LogP contribution in [0.2, 0.25) is 0 Å². The van der Waals surface area contributed by atoms with Gasteiger partial charge in [-0.05, 0) is 82.4 Å². The molecule has 0 radical (unpaired) electrons. The van der Waals surface area contributed by atoms with E-state index in [0.717, 1.165) is 61.2 Å². The molecule has 0 atom stereocenters. The number of nitrogens with zero attached hydrogens (tertiary/aromatic N) is 4. The molecule has 0 bridgehead atoms. The first-order valence-corrected chi connectivity index (χ1v) is 12.4. The van der Waals surface area contributed by atoms with Gasteiger partial charge in [0.2, 0.25) is 5.95 Å². The minimum Gasteiger partial charge on any atom is -0.362 e. The molecule has 2 aliphatic rings. The molecule has 4 rings (SSSR count). The smallest absolute Gasteiger partial charge is 0.319 e. The Bertz CT molecular complexity index is 1110. The van der Waals surface area contributed by atoms with Crippen LogP contribution in [0.3, 0.4) is 0 Å². The van der Waals surface area contributed by atoms with E-state index in [1.807, 2.05) is 27.9 Å². The standard InChI is InChI=1S/C25H35N7O3/c1-15-13-21(22(32(34)35)14-16(15)2)29-25(33)27-18-11-9-17(10-12-18)26-24-28-20-8-6-5-7-19(20)23(30-24)31(3)4/h13-14,17-18H,5-12H2,1-4H3,(H,26,28,30)(H2,27,29,33). The third-order valence-electron chi connectivity index (χ3n) is 7.04. The number of urea groups is 1. The van der Waals surface area contributed by atoms with E-state index in [4.69, 9.17) is 9.97 Å². The molecule has 0 unspecified atom stereocenters. The van der Waals surface area contributed by atoms with E-state index < -0.39 is 11.0 Å². The molecule has 1 fully saturated rings. The summed E-state index contributed by atoms with van der Waals surface area (Å²) < 4.78 is 0. The van der Waals surface area contributed by atoms with Crippen LogP contribution < -0.4 is 20.9 Å². The number of benzene rings is 1. The van der Waals surface area contributed by atoms with Gasteiger partial charge in [-0.15, -0.1) is 0 Å². The number of amides is 2. The number of nitro groups is 1. The van der Waals surface area contributed by atoms with Crippen LogP contribution in [-0.4, -0.2) is 47.1 Å². The third kappa shape index (κ3) is 5.80. The number of nitrogens with one attached hydrogen (secondary N) is 3. The zero-order valence-electron chi connectivity index (χ0n) is 21.0. The van der Waals surface area contributed by atoms with Crippen LogP contribution in [0.15, 0.2) is 12.1 Å². The second kappa shape index (κ2) is 10.5. The fourth-order valence-electron chi connectivity index (χ4n) is 4.97. The van der Waals surface area contributed by atoms with Crippen molar-refractivity contribution in [3.05, 3.63) is 44.6 Å². The topological polar surface area (TPSA) is 125 Å². The van der Waals surface area contributed by atoms with Crippen molar-refractivity contribution in [1.29, 1.82) is 0 Å². The lowest BCUT2D eigenvalue weighted by atomic mass is 9.91. The fraction of sp³-hybridized carbons (Fsp3) is 0.560. The number of aryl methyl sites for hydroxylation is 3. The Labute approximate surface area is 206 Å². The highest BCUT2D eigenvalue weighted by Gasteiger charge is 2.26. The van der Waals surface area contributed by atoms with Crippen molar-refractivity contribution < 1.29 is 9.72 Å². The molecule has 2 aliphatic carbocycles. The first-order valence-electron chi connectivity index (χ1n) is 12.4. The molecule has 0 saturated heterocycles. The Morgan fingerprint density at radius 2 is 1.69 bits per heavy atom. The average Bonchev–Trinajstić information content (AvgIpc) is 2.81. The highest BCUT2D eigenvalue weighted by molar-refractivity contribution is 5.92. The second-order valence-corrected chi connectivity index (χ2v) is 9.90. The van der Waals surface area contributed by atoms with Crippen molar-refractivity contribution in [1.82, 2.24) is 15.3 Å². The molecule has 10 heteroatoms. The Hall–Kier alpha value is -3.43. The Morgan fingerprint density at radius 1 is 1.03 bits per heavy atom. The van der Waals surface area contributed by atoms with E-state index in [-0.39, 0.29) is 23.5 Å². The molecule has 2 amide bonds. The maximum Gasteiger partial charge on any atom is 0.319 e. The monoisotopic (exact) mass is 481 g/mol. The van der Waals surface area contributed by atoms with Gasteiger partial charge < -0.3 is 20.9 Å². The molecule has 188 valence electrons. The molecule has 1 heterocycles. The summed E-state index contributed by atoms with van der Waals surface area (Å²) in [6.45, 7) is 3.68. The van der Waals surface area contributed by atoms with E-state index in [1.165, 1.54) is 24.5 Å². The number of carbonyl (C=O) groups excluding carboxylic acids is 1. The predicted molar refractivity (Wildman–Crippen MR) is 137 cm³/mol. The van der Waals surface area contributed by atoms with Gasteiger partial charge in [-0.25, -0.2) is 9.78 Å². The van der Waals surface area contributed by atoms with Crippen LogP contribution in [0.4, 0.5) is 27.9 Å². The molecular weight excluding hydrogens is 446 g/mol. The van der Waals surface area contributed by atoms with E-state index in [1.54, 1.807) is 6.07 Å². The van der Waals surface area contributed by atoms with Gasteiger partial charge in [-0.2, -0.15) is 4.98 Å². The normalized spacial score (nSPS) is 19.4. The molecule has 2 aromatic rings. The number of carbonyl (C=O) groups is 1. The van der Waals surface area contributed by atoms with Crippen LogP contribution in [0.5, 0.6) is 0 Å². The maximum atomic E-state index is 12.6. The number of hydrogen-bond acceptors (Lipinski definition) is 7. The zero-order valence-corrected chi connectivity index (χ0v) is 21.0. The van der Waals surface area contributed by atoms with Crippen LogP contribution in [-0.2, 0) is 12.8 Å². The van der Waals surface area contributed by atoms with E-state index in [9.17, 15) is 14.9 Å². The van der Waals surface area contributed by atoms with Gasteiger partial charge in [0.15, 0.2) is 0 Å². The van der Waals surface area contributed by atoms with Crippen molar-refractivity contribution >= 4 is 29.2 Å². The van der Waals surface area contributed by atoms with E-state index >= 15 is 0 Å². The lowest BCUT2D eigenvalue weighted by Crippen LogP contribution is -2.42. The van der Waals surface area contributed by atoms with Crippen molar-refractivity contribution in [2.75, 3.05) is 29.6 Å². The molecule has 0 spiro atoms. The van der Waals surface area contributed by atoms with Crippen LogP contribution >= 0.6 is 0 Å². The summed E-state index contributed by atoms with van der Waals surface area (Å²) >= 11 is 0. The van der Waals surface area contributed by atoms with Gasteiger partial charge in [-0.3, -0.25) is 10.1 Å². The van der Waals surface area contributed by atoms with Gasteiger partial charge in [0.1, 0.15) is 11.5 Å². The first kappa shape index (κ1) is 24.7. The number of aromatic nitrogens is 2. The first-order chi connectivity index (χ1) is 16.7. The summed E-state index contributed by atoms with van der Waals surface area (Å²) in [5, 5.41) is 20.6. The third-order valence-corrected chi connectivity index (χ3v) is 7.04. The number of anilines is 3. The lowest BCUT2D eigenvalue weighted by molar-refractivity contribution is -0.384. The molecule has 35 heavy (non-hydrogen) atoms. The van der Waals surface area contributed by atoms with Gasteiger partial charge in [0.25, 0.3) is 5.69 Å². The minimum atomic E-state index is -0.469. The minimum absolute atomic E-state index is 0.0143. The second-order valence-electron chi connectivity index (χ2n) is 9.90. The number of nitro benzene ring substituents is 1. The molecule has 3 N–H and O–H groups in total. The van der Waals surface area contributed by atoms with Crippen LogP contribution in [0, 0.1) is 24.0 Å². The molecule has 1 saturated carbocycles. The average molecular weight is 482 g/mol. The summed E-state index contributed by atoms with van der Waals surface area (Å²) in [5.74, 6) is 1.69. The van der Waals surface area contributed by atoms with Gasteiger partial charge in [0, 0.05) is 37.8 Å². The van der Waals surface area contributed by atoms with Crippen LogP contribution in [0.25, 0.3) is 0 Å². The predicted octanol–water partition coefficient (Wildman–Crippen LogP) is 4.49. The Kier molecular flexibility index (Phi) is 7.37. The number of hydrogen-bond donors (Lipinski definition) is 3. The van der Waals surface area contributed by atoms with E-state index in [0.29, 0.717) is 5.95 Å². The quantitative estimate of drug-likeness (QED) is 0.410. The molecular formula is C25H35N7O3. The van der Waals surface area contributed by atoms with Gasteiger partial charge in [-0.1, -0.05) is 0 Å². The zero-order chi connectivity index (χ0) is 25.1. The van der Waals surface area contributed by atoms with Gasteiger partial charge >= 0.3 is 6.03 Å². The maximum absolute atomic E-state index is 12.6. The summed E-state index contributed by atoms with van der Waals surface area (Å²) in [6, 6.07) is 2.98. The summed E-state index contributed by atoms with van der Waals surface area (Å²) in [6.07, 6.45) is 7.77. The van der Waals surface area contributed by atoms with Crippen molar-refractivity contribution in [2.45, 2.75) is 77.3 Å². The van der Waals surface area contributed by atoms with Gasteiger partial charge in [0.05, 0.1) is 10.6 Å². The van der Waals surface area contributed by atoms with Crippen molar-refractivity contribution in [3.8, 4) is 0 Å². The highest BCUT2D eigenvalue weighted by atomic mass is 16.6. The molecule has 1 aromatic heterocycles. The van der Waals surface area contributed by atoms with E-state index in [2.05, 4.69) is 20.9 Å².